The third-order valence-corrected chi connectivity index (χ3v) is 6.21. The van der Waals surface area contributed by atoms with Gasteiger partial charge in [0.1, 0.15) is 0 Å². The number of thioether (sulfide) groups is 1. The molecule has 1 fully saturated rings. The second-order valence-electron chi connectivity index (χ2n) is 6.41. The van der Waals surface area contributed by atoms with Crippen molar-refractivity contribution in [3.63, 3.8) is 0 Å². The van der Waals surface area contributed by atoms with Crippen LogP contribution in [0.25, 0.3) is 0 Å². The van der Waals surface area contributed by atoms with Gasteiger partial charge < -0.3 is 4.90 Å². The van der Waals surface area contributed by atoms with Crippen LogP contribution in [0.2, 0.25) is 0 Å². The molecule has 0 spiro atoms. The first-order chi connectivity index (χ1) is 12.5. The fourth-order valence-electron chi connectivity index (χ4n) is 2.68. The Bertz CT molecular complexity index is 777. The van der Waals surface area contributed by atoms with Crippen molar-refractivity contribution in [2.45, 2.75) is 48.9 Å². The minimum Gasteiger partial charge on any atom is -0.340 e. The largest absolute Gasteiger partial charge is 0.340 e. The second-order valence-corrected chi connectivity index (χ2v) is 8.95. The Balaban J connectivity index is 1.59. The molecule has 0 aliphatic heterocycles. The second kappa shape index (κ2) is 8.18. The van der Waals surface area contributed by atoms with Crippen LogP contribution in [0, 0.1) is 0 Å². The highest BCUT2D eigenvalue weighted by Gasteiger charge is 2.34. The summed E-state index contributed by atoms with van der Waals surface area (Å²) in [6, 6.07) is 10.2. The molecule has 1 aliphatic rings. The van der Waals surface area contributed by atoms with Crippen LogP contribution in [-0.2, 0) is 16.1 Å². The van der Waals surface area contributed by atoms with Gasteiger partial charge in [0, 0.05) is 26.6 Å². The normalized spacial score (nSPS) is 14.7. The molecule has 2 aromatic rings. The summed E-state index contributed by atoms with van der Waals surface area (Å²) in [5, 5.41) is 8.67. The summed E-state index contributed by atoms with van der Waals surface area (Å²) in [7, 11) is 1.81. The Morgan fingerprint density at radius 1 is 1.27 bits per heavy atom. The standard InChI is InChI=1S/C18H22N4O2S2/c1-12(16(24)21(3)11-14-7-5-4-6-8-14)25-18-20-19-17(26-18)22(13(2)23)15-9-10-15/h4-8,12,15H,9-11H2,1-3H3. The third-order valence-electron chi connectivity index (χ3n) is 4.12. The van der Waals surface area contributed by atoms with Gasteiger partial charge in [-0.3, -0.25) is 14.5 Å². The van der Waals surface area contributed by atoms with Crippen LogP contribution in [0.4, 0.5) is 5.13 Å². The molecule has 1 aromatic heterocycles. The molecule has 2 amide bonds. The number of nitrogens with zero attached hydrogens (tertiary/aromatic N) is 4. The highest BCUT2D eigenvalue weighted by atomic mass is 32.2. The van der Waals surface area contributed by atoms with Crippen LogP contribution in [0.3, 0.4) is 0 Å². The van der Waals surface area contributed by atoms with Crippen molar-refractivity contribution in [2.24, 2.45) is 0 Å². The zero-order chi connectivity index (χ0) is 18.7. The molecule has 1 aliphatic carbocycles. The van der Waals surface area contributed by atoms with E-state index in [9.17, 15) is 9.59 Å². The van der Waals surface area contributed by atoms with Crippen LogP contribution < -0.4 is 4.90 Å². The van der Waals surface area contributed by atoms with E-state index in [0.717, 1.165) is 18.4 Å². The molecule has 0 bridgehead atoms. The number of hydrogen-bond donors (Lipinski definition) is 0. The Kier molecular flexibility index (Phi) is 5.93. The number of carbonyl (C=O) groups is 2. The summed E-state index contributed by atoms with van der Waals surface area (Å²) in [6.45, 7) is 4.00. The minimum atomic E-state index is -0.267. The van der Waals surface area contributed by atoms with Crippen molar-refractivity contribution in [3.8, 4) is 0 Å². The maximum atomic E-state index is 12.6. The molecule has 0 N–H and O–H groups in total. The van der Waals surface area contributed by atoms with Crippen LogP contribution in [-0.4, -0.2) is 45.3 Å². The first-order valence-electron chi connectivity index (χ1n) is 8.54. The predicted octanol–water partition coefficient (Wildman–Crippen LogP) is 3.19. The molecule has 1 unspecified atom stereocenters. The minimum absolute atomic E-state index is 0.00748. The lowest BCUT2D eigenvalue weighted by Crippen LogP contribution is -2.32. The molecule has 1 heterocycles. The Morgan fingerprint density at radius 3 is 2.58 bits per heavy atom. The van der Waals surface area contributed by atoms with Crippen molar-refractivity contribution >= 4 is 40.0 Å². The zero-order valence-corrected chi connectivity index (χ0v) is 16.7. The first kappa shape index (κ1) is 18.8. The number of carbonyl (C=O) groups excluding carboxylic acids is 2. The van der Waals surface area contributed by atoms with Gasteiger partial charge in [-0.1, -0.05) is 53.4 Å². The molecule has 6 nitrogen and oxygen atoms in total. The lowest BCUT2D eigenvalue weighted by atomic mass is 10.2. The van der Waals surface area contributed by atoms with Gasteiger partial charge in [-0.2, -0.15) is 0 Å². The highest BCUT2D eigenvalue weighted by Crippen LogP contribution is 2.36. The van der Waals surface area contributed by atoms with Gasteiger partial charge in [-0.25, -0.2) is 0 Å². The van der Waals surface area contributed by atoms with E-state index in [2.05, 4.69) is 10.2 Å². The maximum Gasteiger partial charge on any atom is 0.235 e. The lowest BCUT2D eigenvalue weighted by Gasteiger charge is -2.20. The fraction of sp³-hybridized carbons (Fsp3) is 0.444. The number of amides is 2. The number of aromatic nitrogens is 2. The molecule has 0 radical (unpaired) electrons. The maximum absolute atomic E-state index is 12.6. The van der Waals surface area contributed by atoms with Crippen LogP contribution >= 0.6 is 23.1 Å². The molecule has 138 valence electrons. The average Bonchev–Trinajstić information content (AvgIpc) is 3.34. The predicted molar refractivity (Wildman–Crippen MR) is 104 cm³/mol. The van der Waals surface area contributed by atoms with E-state index >= 15 is 0 Å². The van der Waals surface area contributed by atoms with E-state index in [0.29, 0.717) is 16.0 Å². The fourth-order valence-corrected chi connectivity index (χ4v) is 4.89. The molecule has 3 rings (SSSR count). The summed E-state index contributed by atoms with van der Waals surface area (Å²) >= 11 is 2.76. The Morgan fingerprint density at radius 2 is 1.96 bits per heavy atom. The van der Waals surface area contributed by atoms with E-state index in [4.69, 9.17) is 0 Å². The summed E-state index contributed by atoms with van der Waals surface area (Å²) in [5.41, 5.74) is 1.10. The van der Waals surface area contributed by atoms with Crippen molar-refractivity contribution in [1.29, 1.82) is 0 Å². The van der Waals surface area contributed by atoms with Gasteiger partial charge in [0.15, 0.2) is 4.34 Å². The van der Waals surface area contributed by atoms with E-state index in [-0.39, 0.29) is 23.1 Å². The third kappa shape index (κ3) is 4.62. The van der Waals surface area contributed by atoms with Gasteiger partial charge in [0.05, 0.1) is 5.25 Å². The SMILES string of the molecule is CC(=O)N(c1nnc(SC(C)C(=O)N(C)Cc2ccccc2)s1)C1CC1. The number of benzene rings is 1. The summed E-state index contributed by atoms with van der Waals surface area (Å²) < 4.78 is 0.709. The molecular formula is C18H22N4O2S2. The molecule has 1 aromatic carbocycles. The molecular weight excluding hydrogens is 368 g/mol. The first-order valence-corrected chi connectivity index (χ1v) is 10.2. The van der Waals surface area contributed by atoms with E-state index in [1.165, 1.54) is 23.1 Å². The lowest BCUT2D eigenvalue weighted by molar-refractivity contribution is -0.129. The summed E-state index contributed by atoms with van der Waals surface area (Å²) in [4.78, 5) is 27.9. The molecule has 1 atom stereocenters. The molecule has 1 saturated carbocycles. The molecule has 0 saturated heterocycles. The van der Waals surface area contributed by atoms with Gasteiger partial charge in [0.2, 0.25) is 16.9 Å². The highest BCUT2D eigenvalue weighted by molar-refractivity contribution is 8.02. The van der Waals surface area contributed by atoms with E-state index < -0.39 is 0 Å². The number of anilines is 1. The van der Waals surface area contributed by atoms with Crippen LogP contribution in [0.5, 0.6) is 0 Å². The van der Waals surface area contributed by atoms with Crippen LogP contribution in [0.1, 0.15) is 32.3 Å². The van der Waals surface area contributed by atoms with Crippen molar-refractivity contribution in [2.75, 3.05) is 11.9 Å². The Labute approximate surface area is 161 Å². The zero-order valence-electron chi connectivity index (χ0n) is 15.1. The van der Waals surface area contributed by atoms with Gasteiger partial charge >= 0.3 is 0 Å². The molecule has 8 heteroatoms. The van der Waals surface area contributed by atoms with Gasteiger partial charge in [-0.15, -0.1) is 10.2 Å². The van der Waals surface area contributed by atoms with Crippen molar-refractivity contribution in [1.82, 2.24) is 15.1 Å². The van der Waals surface area contributed by atoms with Crippen molar-refractivity contribution < 1.29 is 9.59 Å². The molecule has 26 heavy (non-hydrogen) atoms. The Hall–Kier alpha value is -1.93. The topological polar surface area (TPSA) is 66.4 Å². The average molecular weight is 391 g/mol. The quantitative estimate of drug-likeness (QED) is 0.536. The van der Waals surface area contributed by atoms with Crippen molar-refractivity contribution in [3.05, 3.63) is 35.9 Å². The number of hydrogen-bond acceptors (Lipinski definition) is 6. The van der Waals surface area contributed by atoms with Crippen LogP contribution in [0.15, 0.2) is 34.7 Å². The number of rotatable bonds is 7. The monoisotopic (exact) mass is 390 g/mol. The van der Waals surface area contributed by atoms with E-state index in [1.54, 1.807) is 16.7 Å². The van der Waals surface area contributed by atoms with E-state index in [1.807, 2.05) is 44.3 Å². The smallest absolute Gasteiger partial charge is 0.235 e. The summed E-state index contributed by atoms with van der Waals surface area (Å²) in [5.74, 6) is 0.0353. The van der Waals surface area contributed by atoms with Gasteiger partial charge in [-0.05, 0) is 25.3 Å². The van der Waals surface area contributed by atoms with Gasteiger partial charge in [0.25, 0.3) is 0 Å². The summed E-state index contributed by atoms with van der Waals surface area (Å²) in [6.07, 6.45) is 2.03.